The largest absolute Gasteiger partial charge is 0.298 e. The minimum atomic E-state index is 0.510. The van der Waals surface area contributed by atoms with Crippen LogP contribution in [0.1, 0.15) is 20.0 Å². The van der Waals surface area contributed by atoms with Crippen molar-refractivity contribution < 1.29 is 9.59 Å². The lowest BCUT2D eigenvalue weighted by atomic mass is 10.1. The van der Waals surface area contributed by atoms with Crippen LogP contribution < -0.4 is 0 Å². The molecule has 0 bridgehead atoms. The van der Waals surface area contributed by atoms with Crippen molar-refractivity contribution in [1.29, 1.82) is 0 Å². The number of benzene rings is 1. The van der Waals surface area contributed by atoms with Crippen molar-refractivity contribution >= 4 is 34.0 Å². The van der Waals surface area contributed by atoms with Gasteiger partial charge in [-0.15, -0.1) is 11.3 Å². The monoisotopic (exact) mass is 190 g/mol. The Bertz CT molecular complexity index is 471. The second kappa shape index (κ2) is 3.11. The van der Waals surface area contributed by atoms with Crippen molar-refractivity contribution in [3.05, 3.63) is 34.7 Å². The van der Waals surface area contributed by atoms with E-state index in [9.17, 15) is 9.59 Å². The van der Waals surface area contributed by atoms with Gasteiger partial charge in [-0.1, -0.05) is 18.2 Å². The van der Waals surface area contributed by atoms with Crippen LogP contribution in [0.3, 0.4) is 0 Å². The minimum Gasteiger partial charge on any atom is -0.298 e. The zero-order valence-electron chi connectivity index (χ0n) is 6.69. The summed E-state index contributed by atoms with van der Waals surface area (Å²) in [5, 5.41) is 0.865. The topological polar surface area (TPSA) is 34.1 Å². The third-order valence-corrected chi connectivity index (χ3v) is 3.00. The number of hydrogen-bond acceptors (Lipinski definition) is 3. The maximum atomic E-state index is 10.7. The van der Waals surface area contributed by atoms with Gasteiger partial charge in [0.1, 0.15) is 0 Å². The summed E-state index contributed by atoms with van der Waals surface area (Å²) in [6, 6.07) is 7.50. The average molecular weight is 190 g/mol. The third-order valence-electron chi connectivity index (χ3n) is 1.89. The molecule has 3 heteroatoms. The summed E-state index contributed by atoms with van der Waals surface area (Å²) in [6.45, 7) is 0. The van der Waals surface area contributed by atoms with Crippen LogP contribution in [0.5, 0.6) is 0 Å². The number of fused-ring (bicyclic) bond motifs is 1. The highest BCUT2D eigenvalue weighted by atomic mass is 32.1. The molecule has 0 saturated heterocycles. The van der Waals surface area contributed by atoms with Crippen LogP contribution in [-0.2, 0) is 0 Å². The van der Waals surface area contributed by atoms with Crippen LogP contribution in [0.25, 0.3) is 10.1 Å². The van der Waals surface area contributed by atoms with Gasteiger partial charge in [0.2, 0.25) is 0 Å². The Balaban J connectivity index is 2.88. The molecule has 2 aromatic rings. The Morgan fingerprint density at radius 2 is 1.85 bits per heavy atom. The van der Waals surface area contributed by atoms with Crippen LogP contribution in [0.15, 0.2) is 24.3 Å². The summed E-state index contributed by atoms with van der Waals surface area (Å²) in [4.78, 5) is 21.8. The molecule has 2 nitrogen and oxygen atoms in total. The summed E-state index contributed by atoms with van der Waals surface area (Å²) in [7, 11) is 0. The normalized spacial score (nSPS) is 10.2. The van der Waals surface area contributed by atoms with Gasteiger partial charge in [-0.3, -0.25) is 9.59 Å². The van der Waals surface area contributed by atoms with Gasteiger partial charge in [0.25, 0.3) is 0 Å². The van der Waals surface area contributed by atoms with E-state index in [0.717, 1.165) is 22.7 Å². The van der Waals surface area contributed by atoms with Crippen molar-refractivity contribution in [2.24, 2.45) is 0 Å². The highest BCUT2D eigenvalue weighted by Gasteiger charge is 2.09. The van der Waals surface area contributed by atoms with E-state index in [2.05, 4.69) is 0 Å². The predicted molar refractivity (Wildman–Crippen MR) is 52.6 cm³/mol. The lowest BCUT2D eigenvalue weighted by molar-refractivity contribution is 0.109. The average Bonchev–Trinajstić information content (AvgIpc) is 2.55. The highest BCUT2D eigenvalue weighted by Crippen LogP contribution is 2.28. The molecule has 0 radical (unpaired) electrons. The number of aldehydes is 2. The van der Waals surface area contributed by atoms with Crippen molar-refractivity contribution in [1.82, 2.24) is 0 Å². The van der Waals surface area contributed by atoms with E-state index in [1.165, 1.54) is 11.3 Å². The lowest BCUT2D eigenvalue weighted by Crippen LogP contribution is -1.82. The molecule has 1 heterocycles. The summed E-state index contributed by atoms with van der Waals surface area (Å²) in [5.41, 5.74) is 0.510. The minimum absolute atomic E-state index is 0.510. The Labute approximate surface area is 78.8 Å². The van der Waals surface area contributed by atoms with Gasteiger partial charge in [-0.05, 0) is 6.07 Å². The molecule has 0 N–H and O–H groups in total. The fraction of sp³-hybridized carbons (Fsp3) is 0. The maximum Gasteiger partial charge on any atom is 0.160 e. The smallest absolute Gasteiger partial charge is 0.160 e. The quantitative estimate of drug-likeness (QED) is 0.682. The Morgan fingerprint density at radius 1 is 1.08 bits per heavy atom. The third kappa shape index (κ3) is 1.17. The molecule has 13 heavy (non-hydrogen) atoms. The summed E-state index contributed by atoms with van der Waals surface area (Å²) in [6.07, 6.45) is 1.47. The molecular weight excluding hydrogens is 184 g/mol. The zero-order chi connectivity index (χ0) is 9.26. The molecule has 0 aliphatic rings. The molecule has 0 fully saturated rings. The Hall–Kier alpha value is -1.48. The molecule has 1 aromatic heterocycles. The van der Waals surface area contributed by atoms with Gasteiger partial charge in [-0.2, -0.15) is 0 Å². The van der Waals surface area contributed by atoms with Gasteiger partial charge in [-0.25, -0.2) is 0 Å². The molecule has 0 amide bonds. The first kappa shape index (κ1) is 8.13. The van der Waals surface area contributed by atoms with Gasteiger partial charge in [0.15, 0.2) is 12.6 Å². The lowest BCUT2D eigenvalue weighted by Gasteiger charge is -1.87. The Morgan fingerprint density at radius 3 is 2.54 bits per heavy atom. The zero-order valence-corrected chi connectivity index (χ0v) is 7.51. The van der Waals surface area contributed by atoms with Crippen molar-refractivity contribution in [2.45, 2.75) is 0 Å². The van der Waals surface area contributed by atoms with Gasteiger partial charge < -0.3 is 0 Å². The molecule has 0 atom stereocenters. The number of hydrogen-bond donors (Lipinski definition) is 0. The second-order valence-corrected chi connectivity index (χ2v) is 3.70. The molecule has 0 aliphatic carbocycles. The summed E-state index contributed by atoms with van der Waals surface area (Å²) in [5.74, 6) is 0. The highest BCUT2D eigenvalue weighted by molar-refractivity contribution is 7.21. The number of thiophene rings is 1. The molecule has 0 spiro atoms. The van der Waals surface area contributed by atoms with E-state index in [1.54, 1.807) is 0 Å². The van der Waals surface area contributed by atoms with Gasteiger partial charge in [0, 0.05) is 15.6 Å². The molecule has 0 unspecified atom stereocenters. The van der Waals surface area contributed by atoms with Gasteiger partial charge in [0.05, 0.1) is 4.88 Å². The first-order valence-corrected chi connectivity index (χ1v) is 4.60. The standard InChI is InChI=1S/C10H6O2S/c11-5-8-7-3-1-2-4-9(7)13-10(8)6-12/h1-6H. The van der Waals surface area contributed by atoms with Crippen LogP contribution in [0, 0.1) is 0 Å². The van der Waals surface area contributed by atoms with E-state index in [4.69, 9.17) is 0 Å². The van der Waals surface area contributed by atoms with E-state index < -0.39 is 0 Å². The van der Waals surface area contributed by atoms with Crippen LogP contribution in [-0.4, -0.2) is 12.6 Å². The van der Waals surface area contributed by atoms with E-state index in [1.807, 2.05) is 24.3 Å². The number of rotatable bonds is 2. The van der Waals surface area contributed by atoms with Crippen LogP contribution >= 0.6 is 11.3 Å². The summed E-state index contributed by atoms with van der Waals surface area (Å²) < 4.78 is 0.978. The van der Waals surface area contributed by atoms with Crippen molar-refractivity contribution in [3.63, 3.8) is 0 Å². The molecule has 0 aliphatic heterocycles. The molecule has 1 aromatic carbocycles. The Kier molecular flexibility index (Phi) is 1.94. The molecule has 64 valence electrons. The van der Waals surface area contributed by atoms with Crippen molar-refractivity contribution in [2.75, 3.05) is 0 Å². The fourth-order valence-electron chi connectivity index (χ4n) is 1.29. The molecule has 0 saturated carbocycles. The van der Waals surface area contributed by atoms with E-state index >= 15 is 0 Å². The van der Waals surface area contributed by atoms with Crippen molar-refractivity contribution in [3.8, 4) is 0 Å². The van der Waals surface area contributed by atoms with Crippen LogP contribution in [0.4, 0.5) is 0 Å². The maximum absolute atomic E-state index is 10.7. The second-order valence-electron chi connectivity index (χ2n) is 2.61. The fourth-order valence-corrected chi connectivity index (χ4v) is 2.28. The SMILES string of the molecule is O=Cc1sc2ccccc2c1C=O. The first-order chi connectivity index (χ1) is 6.36. The van der Waals surface area contributed by atoms with E-state index in [-0.39, 0.29) is 0 Å². The first-order valence-electron chi connectivity index (χ1n) is 3.78. The summed E-state index contributed by atoms with van der Waals surface area (Å²) >= 11 is 1.35. The number of carbonyl (C=O) groups is 2. The number of carbonyl (C=O) groups excluding carboxylic acids is 2. The van der Waals surface area contributed by atoms with Gasteiger partial charge >= 0.3 is 0 Å². The predicted octanol–water partition coefficient (Wildman–Crippen LogP) is 2.53. The molecular formula is C10H6O2S. The molecule has 2 rings (SSSR count). The van der Waals surface area contributed by atoms with Crippen LogP contribution in [0.2, 0.25) is 0 Å². The van der Waals surface area contributed by atoms with E-state index in [0.29, 0.717) is 10.4 Å².